The van der Waals surface area contributed by atoms with E-state index in [9.17, 15) is 0 Å². The van der Waals surface area contributed by atoms with Crippen LogP contribution in [0.3, 0.4) is 0 Å². The van der Waals surface area contributed by atoms with Crippen molar-refractivity contribution in [2.75, 3.05) is 17.3 Å². The van der Waals surface area contributed by atoms with Gasteiger partial charge >= 0.3 is 0 Å². The molecule has 100 valence electrons. The van der Waals surface area contributed by atoms with Gasteiger partial charge in [-0.3, -0.25) is 4.98 Å². The molecule has 2 unspecified atom stereocenters. The topological polar surface area (TPSA) is 53.1 Å². The van der Waals surface area contributed by atoms with E-state index in [0.717, 1.165) is 18.2 Å². The quantitative estimate of drug-likeness (QED) is 0.858. The molecule has 1 fully saturated rings. The van der Waals surface area contributed by atoms with Crippen molar-refractivity contribution in [2.45, 2.75) is 52.1 Å². The molecule has 0 amide bonds. The molecule has 0 saturated carbocycles. The molecule has 2 rings (SSSR count). The van der Waals surface area contributed by atoms with Gasteiger partial charge in [-0.05, 0) is 33.6 Å². The van der Waals surface area contributed by atoms with Crippen LogP contribution in [0.4, 0.5) is 11.6 Å². The van der Waals surface area contributed by atoms with E-state index in [1.807, 2.05) is 0 Å². The molecule has 0 aliphatic carbocycles. The number of piperidine rings is 1. The molecule has 0 spiro atoms. The SMILES string of the molecule is CCNc1cncc(NN2C(C)CCCC2C)n1. The van der Waals surface area contributed by atoms with Gasteiger partial charge in [0.05, 0.1) is 12.4 Å². The summed E-state index contributed by atoms with van der Waals surface area (Å²) in [6.07, 6.45) is 7.30. The third-order valence-corrected chi connectivity index (χ3v) is 3.43. The van der Waals surface area contributed by atoms with Gasteiger partial charge < -0.3 is 10.7 Å². The second kappa shape index (κ2) is 6.00. The van der Waals surface area contributed by atoms with Crippen molar-refractivity contribution >= 4 is 11.6 Å². The monoisotopic (exact) mass is 249 g/mol. The van der Waals surface area contributed by atoms with Gasteiger partial charge in [-0.15, -0.1) is 0 Å². The molecule has 0 bridgehead atoms. The molecular formula is C13H23N5. The summed E-state index contributed by atoms with van der Waals surface area (Å²) in [5, 5.41) is 5.47. The Kier molecular flexibility index (Phi) is 4.36. The van der Waals surface area contributed by atoms with Crippen LogP contribution in [-0.4, -0.2) is 33.6 Å². The zero-order valence-corrected chi connectivity index (χ0v) is 11.5. The minimum absolute atomic E-state index is 0.540. The third-order valence-electron chi connectivity index (χ3n) is 3.43. The maximum absolute atomic E-state index is 4.50. The summed E-state index contributed by atoms with van der Waals surface area (Å²) < 4.78 is 0. The van der Waals surface area contributed by atoms with E-state index >= 15 is 0 Å². The van der Waals surface area contributed by atoms with Crippen LogP contribution in [0.25, 0.3) is 0 Å². The largest absolute Gasteiger partial charge is 0.369 e. The van der Waals surface area contributed by atoms with Crippen molar-refractivity contribution < 1.29 is 0 Å². The van der Waals surface area contributed by atoms with Crippen LogP contribution >= 0.6 is 0 Å². The molecule has 0 radical (unpaired) electrons. The highest BCUT2D eigenvalue weighted by molar-refractivity contribution is 5.40. The van der Waals surface area contributed by atoms with Gasteiger partial charge in [0.2, 0.25) is 0 Å². The highest BCUT2D eigenvalue weighted by atomic mass is 15.5. The standard InChI is InChI=1S/C13H23N5/c1-4-15-12-8-14-9-13(16-12)17-18-10(2)6-5-7-11(18)3/h8-11H,4-7H2,1-3H3,(H2,15,16,17). The lowest BCUT2D eigenvalue weighted by atomic mass is 10.00. The second-order valence-electron chi connectivity index (χ2n) is 4.97. The van der Waals surface area contributed by atoms with Crippen molar-refractivity contribution in [1.29, 1.82) is 0 Å². The van der Waals surface area contributed by atoms with Crippen molar-refractivity contribution in [3.8, 4) is 0 Å². The van der Waals surface area contributed by atoms with E-state index in [0.29, 0.717) is 12.1 Å². The lowest BCUT2D eigenvalue weighted by Gasteiger charge is -2.39. The molecule has 1 aliphatic heterocycles. The Bertz CT molecular complexity index is 371. The average Bonchev–Trinajstić information content (AvgIpc) is 2.35. The Morgan fingerprint density at radius 2 is 1.89 bits per heavy atom. The molecule has 5 nitrogen and oxygen atoms in total. The van der Waals surface area contributed by atoms with Gasteiger partial charge in [0, 0.05) is 18.6 Å². The molecule has 18 heavy (non-hydrogen) atoms. The van der Waals surface area contributed by atoms with Crippen molar-refractivity contribution in [3.05, 3.63) is 12.4 Å². The normalized spacial score (nSPS) is 24.8. The van der Waals surface area contributed by atoms with E-state index < -0.39 is 0 Å². The second-order valence-corrected chi connectivity index (χ2v) is 4.97. The number of aromatic nitrogens is 2. The minimum atomic E-state index is 0.540. The Morgan fingerprint density at radius 1 is 1.22 bits per heavy atom. The van der Waals surface area contributed by atoms with Gasteiger partial charge in [0.1, 0.15) is 5.82 Å². The first kappa shape index (κ1) is 13.1. The molecule has 2 heterocycles. The number of hydrazine groups is 1. The molecule has 1 saturated heterocycles. The molecule has 1 aliphatic rings. The summed E-state index contributed by atoms with van der Waals surface area (Å²) in [4.78, 5) is 8.70. The first-order valence-electron chi connectivity index (χ1n) is 6.81. The summed E-state index contributed by atoms with van der Waals surface area (Å²) in [5.41, 5.74) is 3.40. The van der Waals surface area contributed by atoms with Crippen LogP contribution in [0.15, 0.2) is 12.4 Å². The molecular weight excluding hydrogens is 226 g/mol. The maximum Gasteiger partial charge on any atom is 0.161 e. The molecule has 0 aromatic carbocycles. The maximum atomic E-state index is 4.50. The van der Waals surface area contributed by atoms with Crippen LogP contribution in [0.1, 0.15) is 40.0 Å². The van der Waals surface area contributed by atoms with Crippen LogP contribution in [-0.2, 0) is 0 Å². The van der Waals surface area contributed by atoms with Crippen molar-refractivity contribution in [1.82, 2.24) is 15.0 Å². The number of nitrogens with one attached hydrogen (secondary N) is 2. The Morgan fingerprint density at radius 3 is 2.56 bits per heavy atom. The van der Waals surface area contributed by atoms with Crippen LogP contribution in [0.5, 0.6) is 0 Å². The first-order chi connectivity index (χ1) is 8.70. The van der Waals surface area contributed by atoms with Gasteiger partial charge in [0.25, 0.3) is 0 Å². The lowest BCUT2D eigenvalue weighted by molar-refractivity contribution is 0.135. The molecule has 2 N–H and O–H groups in total. The summed E-state index contributed by atoms with van der Waals surface area (Å²) >= 11 is 0. The van der Waals surface area contributed by atoms with E-state index in [1.54, 1.807) is 12.4 Å². The number of nitrogens with zero attached hydrogens (tertiary/aromatic N) is 3. The fourth-order valence-corrected chi connectivity index (χ4v) is 2.46. The summed E-state index contributed by atoms with van der Waals surface area (Å²) in [7, 11) is 0. The summed E-state index contributed by atoms with van der Waals surface area (Å²) in [6, 6.07) is 1.08. The number of rotatable bonds is 4. The van der Waals surface area contributed by atoms with Crippen molar-refractivity contribution in [3.63, 3.8) is 0 Å². The first-order valence-corrected chi connectivity index (χ1v) is 6.81. The molecule has 1 aromatic heterocycles. The highest BCUT2D eigenvalue weighted by Gasteiger charge is 2.24. The van der Waals surface area contributed by atoms with E-state index in [-0.39, 0.29) is 0 Å². The zero-order chi connectivity index (χ0) is 13.0. The fraction of sp³-hybridized carbons (Fsp3) is 0.692. The average molecular weight is 249 g/mol. The zero-order valence-electron chi connectivity index (χ0n) is 11.5. The number of hydrogen-bond donors (Lipinski definition) is 2. The van der Waals surface area contributed by atoms with Crippen LogP contribution < -0.4 is 10.7 Å². The fourth-order valence-electron chi connectivity index (χ4n) is 2.46. The number of anilines is 2. The van der Waals surface area contributed by atoms with E-state index in [4.69, 9.17) is 0 Å². The Balaban J connectivity index is 2.05. The Hall–Kier alpha value is -1.36. The smallest absolute Gasteiger partial charge is 0.161 e. The Labute approximate surface area is 109 Å². The lowest BCUT2D eigenvalue weighted by Crippen LogP contribution is -2.47. The van der Waals surface area contributed by atoms with Gasteiger partial charge in [-0.25, -0.2) is 9.99 Å². The number of hydrogen-bond acceptors (Lipinski definition) is 5. The van der Waals surface area contributed by atoms with E-state index in [1.165, 1.54) is 19.3 Å². The minimum Gasteiger partial charge on any atom is -0.369 e. The summed E-state index contributed by atoms with van der Waals surface area (Å²) in [5.74, 6) is 1.63. The predicted octanol–water partition coefficient (Wildman–Crippen LogP) is 2.50. The molecule has 2 atom stereocenters. The van der Waals surface area contributed by atoms with Crippen LogP contribution in [0, 0.1) is 0 Å². The third kappa shape index (κ3) is 3.10. The highest BCUT2D eigenvalue weighted by Crippen LogP contribution is 2.22. The van der Waals surface area contributed by atoms with E-state index in [2.05, 4.69) is 46.5 Å². The van der Waals surface area contributed by atoms with Crippen molar-refractivity contribution in [2.24, 2.45) is 0 Å². The van der Waals surface area contributed by atoms with Gasteiger partial charge in [-0.2, -0.15) is 0 Å². The van der Waals surface area contributed by atoms with Gasteiger partial charge in [-0.1, -0.05) is 6.42 Å². The van der Waals surface area contributed by atoms with Gasteiger partial charge in [0.15, 0.2) is 5.82 Å². The van der Waals surface area contributed by atoms with Crippen LogP contribution in [0.2, 0.25) is 0 Å². The summed E-state index contributed by atoms with van der Waals surface area (Å²) in [6.45, 7) is 7.42. The molecule has 5 heteroatoms. The molecule has 1 aromatic rings. The predicted molar refractivity (Wildman–Crippen MR) is 74.4 cm³/mol.